The van der Waals surface area contributed by atoms with Crippen molar-refractivity contribution in [1.29, 1.82) is 0 Å². The lowest BCUT2D eigenvalue weighted by Gasteiger charge is -2.03. The van der Waals surface area contributed by atoms with E-state index in [0.717, 1.165) is 29.4 Å². The van der Waals surface area contributed by atoms with E-state index in [1.807, 2.05) is 18.2 Å². The molecule has 0 unspecified atom stereocenters. The Balaban J connectivity index is 1.51. The Morgan fingerprint density at radius 1 is 1.22 bits per heavy atom. The number of nitrogens with zero attached hydrogens (tertiary/aromatic N) is 1. The Morgan fingerprint density at radius 2 is 2.04 bits per heavy atom. The Bertz CT molecular complexity index is 725. The molecule has 0 N–H and O–H groups in total. The molecule has 4 nitrogen and oxygen atoms in total. The van der Waals surface area contributed by atoms with Crippen LogP contribution in [0.1, 0.15) is 44.2 Å². The summed E-state index contributed by atoms with van der Waals surface area (Å²) in [5.41, 5.74) is 2.14. The SMILES string of the molecule is CCOC(=O)CC(=O)CC[C@H]1C[C@@H]1c1ccc2ccccc2n1. The van der Waals surface area contributed by atoms with E-state index in [9.17, 15) is 9.59 Å². The summed E-state index contributed by atoms with van der Waals surface area (Å²) < 4.78 is 4.80. The minimum atomic E-state index is -0.416. The first-order valence-electron chi connectivity index (χ1n) is 8.20. The minimum Gasteiger partial charge on any atom is -0.466 e. The van der Waals surface area contributed by atoms with Crippen molar-refractivity contribution in [3.63, 3.8) is 0 Å². The van der Waals surface area contributed by atoms with Gasteiger partial charge < -0.3 is 4.74 Å². The molecular weight excluding hydrogens is 290 g/mol. The van der Waals surface area contributed by atoms with Crippen LogP contribution in [-0.2, 0) is 14.3 Å². The molecule has 1 saturated carbocycles. The molecule has 1 fully saturated rings. The minimum absolute atomic E-state index is 0.0272. The number of benzene rings is 1. The predicted molar refractivity (Wildman–Crippen MR) is 88.1 cm³/mol. The molecule has 1 aromatic heterocycles. The van der Waals surface area contributed by atoms with E-state index in [4.69, 9.17) is 9.72 Å². The van der Waals surface area contributed by atoms with Crippen LogP contribution in [0.15, 0.2) is 36.4 Å². The molecule has 1 aliphatic carbocycles. The lowest BCUT2D eigenvalue weighted by Crippen LogP contribution is -2.11. The monoisotopic (exact) mass is 311 g/mol. The second kappa shape index (κ2) is 6.90. The maximum Gasteiger partial charge on any atom is 0.313 e. The Hall–Kier alpha value is -2.23. The first-order chi connectivity index (χ1) is 11.2. The number of aromatic nitrogens is 1. The third-order valence-corrected chi connectivity index (χ3v) is 4.36. The first-order valence-corrected chi connectivity index (χ1v) is 8.20. The number of hydrogen-bond acceptors (Lipinski definition) is 4. The van der Waals surface area contributed by atoms with Gasteiger partial charge in [0.15, 0.2) is 0 Å². The molecule has 23 heavy (non-hydrogen) atoms. The van der Waals surface area contributed by atoms with Crippen LogP contribution in [0.25, 0.3) is 10.9 Å². The van der Waals surface area contributed by atoms with Crippen LogP contribution in [0.3, 0.4) is 0 Å². The summed E-state index contributed by atoms with van der Waals surface area (Å²) in [7, 11) is 0. The van der Waals surface area contributed by atoms with Gasteiger partial charge in [0, 0.05) is 23.4 Å². The summed E-state index contributed by atoms with van der Waals surface area (Å²) in [6, 6.07) is 12.3. The molecule has 0 spiro atoms. The molecule has 0 amide bonds. The largest absolute Gasteiger partial charge is 0.466 e. The third kappa shape index (κ3) is 3.95. The average Bonchev–Trinajstić information content (AvgIpc) is 3.32. The lowest BCUT2D eigenvalue weighted by atomic mass is 10.1. The highest BCUT2D eigenvalue weighted by atomic mass is 16.5. The van der Waals surface area contributed by atoms with E-state index in [2.05, 4.69) is 18.2 Å². The zero-order valence-electron chi connectivity index (χ0n) is 13.3. The van der Waals surface area contributed by atoms with Crippen molar-refractivity contribution in [1.82, 2.24) is 4.98 Å². The molecule has 2 atom stereocenters. The normalized spacial score (nSPS) is 19.5. The maximum absolute atomic E-state index is 11.8. The van der Waals surface area contributed by atoms with E-state index in [0.29, 0.717) is 24.9 Å². The summed E-state index contributed by atoms with van der Waals surface area (Å²) in [5, 5.41) is 1.15. The van der Waals surface area contributed by atoms with Gasteiger partial charge in [0.2, 0.25) is 0 Å². The van der Waals surface area contributed by atoms with Crippen LogP contribution >= 0.6 is 0 Å². The molecule has 4 heteroatoms. The van der Waals surface area contributed by atoms with Crippen LogP contribution in [0, 0.1) is 5.92 Å². The molecular formula is C19H21NO3. The van der Waals surface area contributed by atoms with Gasteiger partial charge >= 0.3 is 5.97 Å². The number of hydrogen-bond donors (Lipinski definition) is 0. The number of carbonyl (C=O) groups is 2. The van der Waals surface area contributed by atoms with Gasteiger partial charge in [-0.3, -0.25) is 14.6 Å². The standard InChI is InChI=1S/C19H21NO3/c1-2-23-19(22)12-15(21)9-7-14-11-16(14)18-10-8-13-5-3-4-6-17(13)20-18/h3-6,8,10,14,16H,2,7,9,11-12H2,1H3/t14-,16-/m0/s1. The van der Waals surface area contributed by atoms with Gasteiger partial charge in [-0.05, 0) is 37.8 Å². The van der Waals surface area contributed by atoms with Crippen molar-refractivity contribution >= 4 is 22.7 Å². The van der Waals surface area contributed by atoms with Crippen molar-refractivity contribution in [3.8, 4) is 0 Å². The number of ketones is 1. The number of rotatable bonds is 7. The van der Waals surface area contributed by atoms with Crippen LogP contribution < -0.4 is 0 Å². The predicted octanol–water partition coefficient (Wildman–Crippen LogP) is 3.64. The first kappa shape index (κ1) is 15.7. The fraction of sp³-hybridized carbons (Fsp3) is 0.421. The number of fused-ring (bicyclic) bond motifs is 1. The number of carbonyl (C=O) groups excluding carboxylic acids is 2. The number of para-hydroxylation sites is 1. The number of Topliss-reactive ketones (excluding diaryl/α,β-unsaturated/α-hetero) is 1. The molecule has 0 bridgehead atoms. The van der Waals surface area contributed by atoms with Crippen molar-refractivity contribution in [2.75, 3.05) is 6.61 Å². The lowest BCUT2D eigenvalue weighted by molar-refractivity contribution is -0.145. The fourth-order valence-corrected chi connectivity index (χ4v) is 3.02. The van der Waals surface area contributed by atoms with E-state index >= 15 is 0 Å². The van der Waals surface area contributed by atoms with Gasteiger partial charge in [0.1, 0.15) is 12.2 Å². The number of ether oxygens (including phenoxy) is 1. The average molecular weight is 311 g/mol. The van der Waals surface area contributed by atoms with Crippen molar-refractivity contribution < 1.29 is 14.3 Å². The third-order valence-electron chi connectivity index (χ3n) is 4.36. The summed E-state index contributed by atoms with van der Waals surface area (Å²) in [6.45, 7) is 2.07. The summed E-state index contributed by atoms with van der Waals surface area (Å²) >= 11 is 0. The summed E-state index contributed by atoms with van der Waals surface area (Å²) in [6.07, 6.45) is 2.27. The van der Waals surface area contributed by atoms with Gasteiger partial charge in [0.05, 0.1) is 12.1 Å². The molecule has 2 aromatic rings. The fourth-order valence-electron chi connectivity index (χ4n) is 3.02. The molecule has 3 rings (SSSR count). The van der Waals surface area contributed by atoms with Crippen LogP contribution in [-0.4, -0.2) is 23.3 Å². The number of esters is 1. The smallest absolute Gasteiger partial charge is 0.313 e. The van der Waals surface area contributed by atoms with Gasteiger partial charge in [-0.1, -0.05) is 24.3 Å². The second-order valence-corrected chi connectivity index (χ2v) is 6.09. The van der Waals surface area contributed by atoms with Crippen molar-refractivity contribution in [2.45, 2.75) is 38.5 Å². The molecule has 0 aliphatic heterocycles. The molecule has 120 valence electrons. The van der Waals surface area contributed by atoms with Crippen LogP contribution in [0.4, 0.5) is 0 Å². The quantitative estimate of drug-likeness (QED) is 0.578. The van der Waals surface area contributed by atoms with Crippen LogP contribution in [0.2, 0.25) is 0 Å². The molecule has 0 radical (unpaired) electrons. The summed E-state index contributed by atoms with van der Waals surface area (Å²) in [4.78, 5) is 27.8. The molecule has 0 saturated heterocycles. The Morgan fingerprint density at radius 3 is 2.87 bits per heavy atom. The Labute approximate surface area is 135 Å². The van der Waals surface area contributed by atoms with Gasteiger partial charge in [-0.15, -0.1) is 0 Å². The second-order valence-electron chi connectivity index (χ2n) is 6.09. The van der Waals surface area contributed by atoms with Gasteiger partial charge in [0.25, 0.3) is 0 Å². The van der Waals surface area contributed by atoms with Gasteiger partial charge in [-0.2, -0.15) is 0 Å². The van der Waals surface area contributed by atoms with E-state index in [-0.39, 0.29) is 12.2 Å². The van der Waals surface area contributed by atoms with E-state index in [1.54, 1.807) is 6.92 Å². The molecule has 1 aliphatic rings. The summed E-state index contributed by atoms with van der Waals surface area (Å²) in [5.74, 6) is 0.520. The highest BCUT2D eigenvalue weighted by molar-refractivity contribution is 5.95. The highest BCUT2D eigenvalue weighted by Gasteiger charge is 2.39. The van der Waals surface area contributed by atoms with Crippen molar-refractivity contribution in [3.05, 3.63) is 42.1 Å². The zero-order valence-corrected chi connectivity index (χ0v) is 13.3. The Kier molecular flexibility index (Phi) is 4.70. The zero-order chi connectivity index (χ0) is 16.2. The molecule has 1 heterocycles. The topological polar surface area (TPSA) is 56.3 Å². The maximum atomic E-state index is 11.8. The highest BCUT2D eigenvalue weighted by Crippen LogP contribution is 2.49. The van der Waals surface area contributed by atoms with Crippen LogP contribution in [0.5, 0.6) is 0 Å². The van der Waals surface area contributed by atoms with E-state index in [1.165, 1.54) is 0 Å². The van der Waals surface area contributed by atoms with Gasteiger partial charge in [-0.25, -0.2) is 0 Å². The van der Waals surface area contributed by atoms with E-state index < -0.39 is 5.97 Å². The van der Waals surface area contributed by atoms with Crippen molar-refractivity contribution in [2.24, 2.45) is 5.92 Å². The number of pyridine rings is 1. The molecule has 1 aromatic carbocycles.